The van der Waals surface area contributed by atoms with E-state index in [9.17, 15) is 9.59 Å². The second-order valence-electron chi connectivity index (χ2n) is 8.35. The minimum Gasteiger partial charge on any atom is -0.361 e. The molecule has 2 aliphatic rings. The summed E-state index contributed by atoms with van der Waals surface area (Å²) in [5.74, 6) is 0.759. The molecule has 2 amide bonds. The van der Waals surface area contributed by atoms with Gasteiger partial charge in [0.25, 0.3) is 5.91 Å². The van der Waals surface area contributed by atoms with Gasteiger partial charge in [-0.05, 0) is 38.8 Å². The molecule has 0 unspecified atom stereocenters. The quantitative estimate of drug-likeness (QED) is 0.548. The number of aryl methyl sites for hydroxylation is 1. The van der Waals surface area contributed by atoms with Crippen molar-refractivity contribution in [3.8, 4) is 5.69 Å². The smallest absolute Gasteiger partial charge is 0.254 e. The van der Waals surface area contributed by atoms with Crippen LogP contribution >= 0.6 is 0 Å². The number of anilines is 4. The predicted molar refractivity (Wildman–Crippen MR) is 125 cm³/mol. The molecule has 33 heavy (non-hydrogen) atoms. The number of hydrogen-bond donors (Lipinski definition) is 3. The minimum absolute atomic E-state index is 0.0250. The maximum atomic E-state index is 12.8. The first-order valence-electron chi connectivity index (χ1n) is 12.2. The lowest BCUT2D eigenvalue weighted by molar-refractivity contribution is -0.117. The average molecular weight is 450 g/mol. The van der Waals surface area contributed by atoms with Crippen LogP contribution in [0.15, 0.2) is 30.5 Å². The fourth-order valence-corrected chi connectivity index (χ4v) is 4.01. The van der Waals surface area contributed by atoms with Crippen LogP contribution in [0.5, 0.6) is 0 Å². The molecule has 0 radical (unpaired) electrons. The van der Waals surface area contributed by atoms with E-state index >= 15 is 0 Å². The molecular weight excluding hydrogens is 420 g/mol. The van der Waals surface area contributed by atoms with Gasteiger partial charge in [0, 0.05) is 36.3 Å². The van der Waals surface area contributed by atoms with Crippen molar-refractivity contribution in [3.63, 3.8) is 0 Å². The van der Waals surface area contributed by atoms with Crippen LogP contribution in [-0.4, -0.2) is 45.6 Å². The summed E-state index contributed by atoms with van der Waals surface area (Å²) in [7, 11) is 1.94. The Kier molecular flexibility index (Phi) is 4.20. The Balaban J connectivity index is 1.56. The molecule has 1 saturated carbocycles. The number of nitrogens with zero attached hydrogens (tertiary/aromatic N) is 5. The monoisotopic (exact) mass is 449 g/mol. The molecule has 1 fully saturated rings. The first-order valence-corrected chi connectivity index (χ1v) is 10.7. The van der Waals surface area contributed by atoms with Gasteiger partial charge in [0.2, 0.25) is 5.91 Å². The lowest BCUT2D eigenvalue weighted by atomic mass is 10.1. The summed E-state index contributed by atoms with van der Waals surface area (Å²) in [5, 5.41) is 12.6. The van der Waals surface area contributed by atoms with Gasteiger partial charge in [-0.2, -0.15) is 5.10 Å². The summed E-state index contributed by atoms with van der Waals surface area (Å²) in [6.45, 7) is 1.19. The van der Waals surface area contributed by atoms with E-state index in [4.69, 9.17) is 4.11 Å². The summed E-state index contributed by atoms with van der Waals surface area (Å²) < 4.78 is 24.1. The molecule has 3 N–H and O–H groups in total. The molecule has 1 aliphatic carbocycles. The third-order valence-electron chi connectivity index (χ3n) is 6.02. The lowest BCUT2D eigenvalue weighted by Gasteiger charge is -2.35. The van der Waals surface area contributed by atoms with Crippen molar-refractivity contribution in [2.75, 3.05) is 29.6 Å². The van der Waals surface area contributed by atoms with Gasteiger partial charge in [0.1, 0.15) is 11.6 Å². The van der Waals surface area contributed by atoms with Gasteiger partial charge in [-0.1, -0.05) is 6.07 Å². The number of rotatable bonds is 5. The van der Waals surface area contributed by atoms with Crippen molar-refractivity contribution in [1.82, 2.24) is 25.1 Å². The number of fused-ring (bicyclic) bond motifs is 3. The van der Waals surface area contributed by atoms with E-state index in [2.05, 4.69) is 30.6 Å². The molecule has 10 heteroatoms. The minimum atomic E-state index is -2.67. The van der Waals surface area contributed by atoms with Crippen molar-refractivity contribution in [3.05, 3.63) is 47.7 Å². The van der Waals surface area contributed by atoms with Gasteiger partial charge in [0.05, 0.1) is 34.4 Å². The van der Waals surface area contributed by atoms with Gasteiger partial charge >= 0.3 is 0 Å². The second kappa shape index (κ2) is 7.88. The van der Waals surface area contributed by atoms with Crippen molar-refractivity contribution >= 4 is 34.7 Å². The molecule has 2 aromatic heterocycles. The number of hydrogen-bond acceptors (Lipinski definition) is 7. The predicted octanol–water partition coefficient (Wildman–Crippen LogP) is 2.93. The topological polar surface area (TPSA) is 117 Å². The third-order valence-corrected chi connectivity index (χ3v) is 6.02. The second-order valence-corrected chi connectivity index (χ2v) is 8.35. The first-order chi connectivity index (χ1) is 17.0. The molecule has 1 atom stereocenters. The van der Waals surface area contributed by atoms with E-state index in [0.29, 0.717) is 17.2 Å². The van der Waals surface area contributed by atoms with Crippen LogP contribution in [0, 0.1) is 12.8 Å². The van der Waals surface area contributed by atoms with Gasteiger partial charge in [-0.3, -0.25) is 9.59 Å². The lowest BCUT2D eigenvalue weighted by Crippen LogP contribution is -2.31. The maximum absolute atomic E-state index is 12.8. The molecule has 10 nitrogen and oxygen atoms in total. The van der Waals surface area contributed by atoms with Gasteiger partial charge in [0.15, 0.2) is 5.82 Å². The molecular formula is C23H26N8O2. The van der Waals surface area contributed by atoms with Crippen molar-refractivity contribution in [2.24, 2.45) is 5.92 Å². The number of pyridine rings is 1. The molecule has 1 aromatic carbocycles. The molecule has 0 saturated heterocycles. The summed E-state index contributed by atoms with van der Waals surface area (Å²) in [5.41, 5.74) is 2.62. The molecule has 0 spiro atoms. The number of nitrogens with one attached hydrogen (secondary N) is 3. The fraction of sp³-hybridized carbons (Fsp3) is 0.348. The Hall–Kier alpha value is -3.95. The first kappa shape index (κ1) is 17.6. The zero-order valence-electron chi connectivity index (χ0n) is 21.5. The van der Waals surface area contributed by atoms with Crippen LogP contribution in [0.25, 0.3) is 5.69 Å². The molecule has 0 bridgehead atoms. The van der Waals surface area contributed by atoms with Crippen LogP contribution in [-0.2, 0) is 4.79 Å². The molecule has 3 aromatic rings. The number of para-hydroxylation sites is 1. The average Bonchev–Trinajstić information content (AvgIpc) is 3.58. The number of benzene rings is 1. The largest absolute Gasteiger partial charge is 0.361 e. The summed E-state index contributed by atoms with van der Waals surface area (Å²) in [4.78, 5) is 35.9. The molecule has 1 aliphatic heterocycles. The summed E-state index contributed by atoms with van der Waals surface area (Å²) in [6.07, 6.45) is 2.92. The van der Waals surface area contributed by atoms with Crippen molar-refractivity contribution < 1.29 is 13.7 Å². The number of aromatic nitrogens is 4. The zero-order chi connectivity index (χ0) is 25.8. The van der Waals surface area contributed by atoms with Crippen molar-refractivity contribution in [2.45, 2.75) is 32.7 Å². The maximum Gasteiger partial charge on any atom is 0.254 e. The highest BCUT2D eigenvalue weighted by Crippen LogP contribution is 2.42. The van der Waals surface area contributed by atoms with E-state index in [1.165, 1.54) is 12.3 Å². The number of amides is 2. The molecule has 5 rings (SSSR count). The Labute approximate surface area is 195 Å². The van der Waals surface area contributed by atoms with E-state index in [0.717, 1.165) is 30.0 Å². The van der Waals surface area contributed by atoms with Crippen LogP contribution in [0.3, 0.4) is 0 Å². The van der Waals surface area contributed by atoms with Crippen molar-refractivity contribution in [1.29, 1.82) is 0 Å². The van der Waals surface area contributed by atoms with Crippen LogP contribution < -0.4 is 20.9 Å². The van der Waals surface area contributed by atoms with E-state index in [1.807, 2.05) is 44.4 Å². The van der Waals surface area contributed by atoms with Gasteiger partial charge in [-0.25, -0.2) is 14.6 Å². The summed E-state index contributed by atoms with van der Waals surface area (Å²) in [6, 6.07) is 7.09. The highest BCUT2D eigenvalue weighted by Gasteiger charge is 2.32. The Morgan fingerprint density at radius 2 is 2.06 bits per heavy atom. The van der Waals surface area contributed by atoms with Gasteiger partial charge in [-0.15, -0.1) is 0 Å². The van der Waals surface area contributed by atoms with Gasteiger partial charge < -0.3 is 20.9 Å². The van der Waals surface area contributed by atoms with Crippen LogP contribution in [0.4, 0.5) is 22.9 Å². The Morgan fingerprint density at radius 1 is 1.24 bits per heavy atom. The number of carbonyl (C=O) groups is 2. The van der Waals surface area contributed by atoms with E-state index in [-0.39, 0.29) is 29.2 Å². The Bertz CT molecular complexity index is 1370. The molecule has 3 heterocycles. The number of carbonyl (C=O) groups excluding carboxylic acids is 2. The fourth-order valence-electron chi connectivity index (χ4n) is 4.01. The highest BCUT2D eigenvalue weighted by molar-refractivity contribution is 6.02. The highest BCUT2D eigenvalue weighted by atomic mass is 16.2. The Morgan fingerprint density at radius 3 is 2.82 bits per heavy atom. The van der Waals surface area contributed by atoms with Crippen LogP contribution in [0.2, 0.25) is 0 Å². The zero-order valence-corrected chi connectivity index (χ0v) is 18.5. The third kappa shape index (κ3) is 3.67. The SMILES string of the molecule is [2H]C([2H])([2H])NC(=O)c1cnc(NC(=O)C2CC2)cc1Nc1cccc2c1N(C)[C@H](C)c1nc(C)nn1-2. The normalized spacial score (nSPS) is 18.3. The molecule has 170 valence electrons. The standard InChI is InChI=1S/C23H26N8O2/c1-12-21-26-13(2)29-31(21)18-7-5-6-16(20(18)30(12)4)27-17-10-19(28-22(32)14-8-9-14)25-11-15(17)23(33)24-3/h5-7,10-12,14H,8-9H2,1-4H3,(H,24,33)(H2,25,27,28,32)/t12-/m1/s1/i3D3. The van der Waals surface area contributed by atoms with E-state index in [1.54, 1.807) is 4.68 Å². The summed E-state index contributed by atoms with van der Waals surface area (Å²) >= 11 is 0. The van der Waals surface area contributed by atoms with E-state index < -0.39 is 12.9 Å². The van der Waals surface area contributed by atoms with Crippen LogP contribution in [0.1, 0.15) is 51.9 Å².